The zero-order valence-corrected chi connectivity index (χ0v) is 9.16. The van der Waals surface area contributed by atoms with Gasteiger partial charge in [0.15, 0.2) is 0 Å². The Morgan fingerprint density at radius 1 is 1.62 bits per heavy atom. The van der Waals surface area contributed by atoms with Crippen LogP contribution in [-0.4, -0.2) is 41.8 Å². The van der Waals surface area contributed by atoms with Gasteiger partial charge in [-0.3, -0.25) is 30.0 Å². The van der Waals surface area contributed by atoms with Crippen LogP contribution in [0, 0.1) is 0 Å². The van der Waals surface area contributed by atoms with E-state index in [0.29, 0.717) is 13.0 Å². The number of imide groups is 1. The van der Waals surface area contributed by atoms with Crippen LogP contribution in [0.15, 0.2) is 0 Å². The van der Waals surface area contributed by atoms with Gasteiger partial charge in [-0.2, -0.15) is 0 Å². The molecule has 1 atom stereocenters. The molecule has 3 amide bonds. The number of hydrazine groups is 1. The number of piperazine rings is 1. The van der Waals surface area contributed by atoms with Crippen molar-refractivity contribution < 1.29 is 14.4 Å². The van der Waals surface area contributed by atoms with Crippen molar-refractivity contribution in [1.29, 1.82) is 0 Å². The van der Waals surface area contributed by atoms with Gasteiger partial charge in [0.05, 0.1) is 12.6 Å². The molecular formula is C9H16N4O3. The van der Waals surface area contributed by atoms with Gasteiger partial charge in [-0.25, -0.2) is 5.84 Å². The minimum absolute atomic E-state index is 0.192. The molecule has 7 heteroatoms. The highest BCUT2D eigenvalue weighted by Crippen LogP contribution is 2.06. The number of nitrogens with zero attached hydrogens (tertiary/aromatic N) is 1. The molecule has 0 aromatic carbocycles. The number of carbonyl (C=O) groups is 3. The lowest BCUT2D eigenvalue weighted by Crippen LogP contribution is -2.56. The lowest BCUT2D eigenvalue weighted by molar-refractivity contribution is -0.139. The molecule has 7 nitrogen and oxygen atoms in total. The van der Waals surface area contributed by atoms with Crippen molar-refractivity contribution in [2.45, 2.75) is 25.8 Å². The molecule has 0 radical (unpaired) electrons. The summed E-state index contributed by atoms with van der Waals surface area (Å²) in [6, 6.07) is -0.335. The van der Waals surface area contributed by atoms with E-state index < -0.39 is 0 Å². The Kier molecular flexibility index (Phi) is 4.39. The number of carbonyl (C=O) groups excluding carboxylic acids is 3. The summed E-state index contributed by atoms with van der Waals surface area (Å²) in [5.41, 5.74) is 2.03. The van der Waals surface area contributed by atoms with E-state index in [1.807, 2.05) is 5.43 Å². The Morgan fingerprint density at radius 3 is 2.94 bits per heavy atom. The Morgan fingerprint density at radius 2 is 2.31 bits per heavy atom. The maximum absolute atomic E-state index is 11.3. The minimum atomic E-state index is -0.335. The van der Waals surface area contributed by atoms with E-state index in [-0.39, 0.29) is 36.7 Å². The van der Waals surface area contributed by atoms with Gasteiger partial charge >= 0.3 is 0 Å². The van der Waals surface area contributed by atoms with Gasteiger partial charge in [-0.1, -0.05) is 0 Å². The number of nitrogens with two attached hydrogens (primary N) is 1. The number of hydrogen-bond acceptors (Lipinski definition) is 5. The van der Waals surface area contributed by atoms with Crippen LogP contribution in [0.4, 0.5) is 0 Å². The second kappa shape index (κ2) is 5.57. The summed E-state index contributed by atoms with van der Waals surface area (Å²) in [5.74, 6) is 4.09. The highest BCUT2D eigenvalue weighted by Gasteiger charge is 2.29. The molecule has 1 saturated heterocycles. The van der Waals surface area contributed by atoms with Gasteiger partial charge in [-0.15, -0.1) is 0 Å². The van der Waals surface area contributed by atoms with Crippen LogP contribution in [0.3, 0.4) is 0 Å². The summed E-state index contributed by atoms with van der Waals surface area (Å²) in [7, 11) is 0. The fraction of sp³-hybridized carbons (Fsp3) is 0.667. The topological polar surface area (TPSA) is 105 Å². The van der Waals surface area contributed by atoms with Crippen molar-refractivity contribution in [1.82, 2.24) is 15.6 Å². The molecule has 0 saturated carbocycles. The Bertz CT molecular complexity index is 305. The fourth-order valence-electron chi connectivity index (χ4n) is 1.56. The SMILES string of the molecule is CC1C(=O)NC(=O)CN1CCCC(=O)NN. The van der Waals surface area contributed by atoms with Gasteiger partial charge in [0, 0.05) is 6.42 Å². The third kappa shape index (κ3) is 3.28. The summed E-state index contributed by atoms with van der Waals surface area (Å²) in [5, 5.41) is 2.25. The van der Waals surface area contributed by atoms with E-state index in [0.717, 1.165) is 0 Å². The predicted octanol–water partition coefficient (Wildman–Crippen LogP) is -1.90. The molecule has 0 aromatic rings. The van der Waals surface area contributed by atoms with E-state index in [4.69, 9.17) is 5.84 Å². The van der Waals surface area contributed by atoms with Crippen molar-refractivity contribution in [3.05, 3.63) is 0 Å². The smallest absolute Gasteiger partial charge is 0.243 e. The molecule has 1 aliphatic rings. The van der Waals surface area contributed by atoms with Crippen molar-refractivity contribution in [3.8, 4) is 0 Å². The first-order chi connectivity index (χ1) is 7.54. The van der Waals surface area contributed by atoms with E-state index in [1.165, 1.54) is 0 Å². The van der Waals surface area contributed by atoms with Crippen LogP contribution < -0.4 is 16.6 Å². The zero-order chi connectivity index (χ0) is 12.1. The molecule has 0 spiro atoms. The first-order valence-electron chi connectivity index (χ1n) is 5.11. The van der Waals surface area contributed by atoms with Gasteiger partial charge in [0.25, 0.3) is 0 Å². The molecule has 1 fully saturated rings. The molecular weight excluding hydrogens is 212 g/mol. The summed E-state index contributed by atoms with van der Waals surface area (Å²) in [6.45, 7) is 2.44. The maximum atomic E-state index is 11.3. The van der Waals surface area contributed by atoms with Crippen molar-refractivity contribution >= 4 is 17.7 Å². The van der Waals surface area contributed by atoms with E-state index in [1.54, 1.807) is 11.8 Å². The number of rotatable bonds is 4. The Balaban J connectivity index is 2.37. The molecule has 1 aliphatic heterocycles. The van der Waals surface area contributed by atoms with Crippen molar-refractivity contribution in [2.24, 2.45) is 5.84 Å². The summed E-state index contributed by atoms with van der Waals surface area (Å²) >= 11 is 0. The number of amides is 3. The average molecular weight is 228 g/mol. The average Bonchev–Trinajstić information content (AvgIpc) is 2.24. The van der Waals surface area contributed by atoms with E-state index >= 15 is 0 Å². The molecule has 0 aromatic heterocycles. The van der Waals surface area contributed by atoms with Crippen LogP contribution in [0.25, 0.3) is 0 Å². The third-order valence-corrected chi connectivity index (χ3v) is 2.55. The number of hydrogen-bond donors (Lipinski definition) is 3. The molecule has 0 aliphatic carbocycles. The second-order valence-corrected chi connectivity index (χ2v) is 3.73. The third-order valence-electron chi connectivity index (χ3n) is 2.55. The monoisotopic (exact) mass is 228 g/mol. The highest BCUT2D eigenvalue weighted by molar-refractivity contribution is 6.00. The number of nitrogens with one attached hydrogen (secondary N) is 2. The Hall–Kier alpha value is -1.47. The first kappa shape index (κ1) is 12.6. The van der Waals surface area contributed by atoms with Crippen LogP contribution >= 0.6 is 0 Å². The predicted molar refractivity (Wildman–Crippen MR) is 55.7 cm³/mol. The van der Waals surface area contributed by atoms with Crippen molar-refractivity contribution in [3.63, 3.8) is 0 Å². The van der Waals surface area contributed by atoms with Crippen molar-refractivity contribution in [2.75, 3.05) is 13.1 Å². The summed E-state index contributed by atoms with van der Waals surface area (Å²) < 4.78 is 0. The van der Waals surface area contributed by atoms with Crippen LogP contribution in [0.1, 0.15) is 19.8 Å². The maximum Gasteiger partial charge on any atom is 0.243 e. The van der Waals surface area contributed by atoms with E-state index in [2.05, 4.69) is 5.32 Å². The van der Waals surface area contributed by atoms with Crippen LogP contribution in [0.2, 0.25) is 0 Å². The molecule has 1 heterocycles. The van der Waals surface area contributed by atoms with Gasteiger partial charge < -0.3 is 0 Å². The van der Waals surface area contributed by atoms with Crippen LogP contribution in [-0.2, 0) is 14.4 Å². The summed E-state index contributed by atoms with van der Waals surface area (Å²) in [4.78, 5) is 35.0. The molecule has 1 rings (SSSR count). The zero-order valence-electron chi connectivity index (χ0n) is 9.16. The minimum Gasteiger partial charge on any atom is -0.294 e. The lowest BCUT2D eigenvalue weighted by Gasteiger charge is -2.31. The molecule has 0 bridgehead atoms. The molecule has 4 N–H and O–H groups in total. The normalized spacial score (nSPS) is 21.8. The fourth-order valence-corrected chi connectivity index (χ4v) is 1.56. The lowest BCUT2D eigenvalue weighted by atomic mass is 10.1. The summed E-state index contributed by atoms with van der Waals surface area (Å²) in [6.07, 6.45) is 0.851. The molecule has 16 heavy (non-hydrogen) atoms. The van der Waals surface area contributed by atoms with Gasteiger partial charge in [0.2, 0.25) is 17.7 Å². The first-order valence-corrected chi connectivity index (χ1v) is 5.11. The standard InChI is InChI=1S/C9H16N4O3/c1-6-9(16)11-8(15)5-13(6)4-2-3-7(14)12-10/h6H,2-5,10H2,1H3,(H,12,14)(H,11,15,16). The Labute approximate surface area is 93.3 Å². The molecule has 90 valence electrons. The quantitative estimate of drug-likeness (QED) is 0.226. The molecule has 1 unspecified atom stereocenters. The highest BCUT2D eigenvalue weighted by atomic mass is 16.2. The van der Waals surface area contributed by atoms with Crippen LogP contribution in [0.5, 0.6) is 0 Å². The van der Waals surface area contributed by atoms with Gasteiger partial charge in [0.1, 0.15) is 0 Å². The van der Waals surface area contributed by atoms with Gasteiger partial charge in [-0.05, 0) is 19.9 Å². The largest absolute Gasteiger partial charge is 0.294 e. The second-order valence-electron chi connectivity index (χ2n) is 3.73. The van der Waals surface area contributed by atoms with E-state index in [9.17, 15) is 14.4 Å².